The smallest absolute Gasteiger partial charge is 0.0870 e. The molecule has 0 bridgehead atoms. The first-order valence-corrected chi connectivity index (χ1v) is 6.76. The van der Waals surface area contributed by atoms with Gasteiger partial charge in [-0.05, 0) is 48.1 Å². The van der Waals surface area contributed by atoms with Crippen LogP contribution in [0.4, 0.5) is 0 Å². The minimum absolute atomic E-state index is 0.747. The minimum Gasteiger partial charge on any atom is -0.411 e. The molecule has 0 heterocycles. The summed E-state index contributed by atoms with van der Waals surface area (Å²) < 4.78 is 0. The van der Waals surface area contributed by atoms with Gasteiger partial charge in [-0.3, -0.25) is 0 Å². The highest BCUT2D eigenvalue weighted by Crippen LogP contribution is 2.28. The molecule has 0 unspecified atom stereocenters. The predicted molar refractivity (Wildman–Crippen MR) is 78.1 cm³/mol. The number of fused-ring (bicyclic) bond motifs is 1. The van der Waals surface area contributed by atoms with Crippen LogP contribution >= 0.6 is 11.6 Å². The van der Waals surface area contributed by atoms with Gasteiger partial charge in [-0.2, -0.15) is 0 Å². The Kier molecular flexibility index (Phi) is 3.26. The van der Waals surface area contributed by atoms with Gasteiger partial charge in [0.15, 0.2) is 0 Å². The van der Waals surface area contributed by atoms with Crippen LogP contribution in [0.1, 0.15) is 24.0 Å². The van der Waals surface area contributed by atoms with Gasteiger partial charge < -0.3 is 5.21 Å². The average molecular weight is 272 g/mol. The van der Waals surface area contributed by atoms with Crippen LogP contribution in [0.3, 0.4) is 0 Å². The van der Waals surface area contributed by atoms with Crippen molar-refractivity contribution < 1.29 is 5.21 Å². The van der Waals surface area contributed by atoms with Crippen molar-refractivity contribution in [3.63, 3.8) is 0 Å². The Morgan fingerprint density at radius 1 is 0.947 bits per heavy atom. The Hall–Kier alpha value is -1.80. The highest BCUT2D eigenvalue weighted by molar-refractivity contribution is 6.30. The molecule has 1 aliphatic carbocycles. The van der Waals surface area contributed by atoms with E-state index >= 15 is 0 Å². The van der Waals surface area contributed by atoms with Crippen molar-refractivity contribution in [2.45, 2.75) is 19.3 Å². The molecule has 3 heteroatoms. The number of nitrogens with zero attached hydrogens (tertiary/aromatic N) is 1. The fourth-order valence-electron chi connectivity index (χ4n) is 2.59. The molecule has 2 aromatic carbocycles. The second-order valence-electron chi connectivity index (χ2n) is 4.78. The lowest BCUT2D eigenvalue weighted by atomic mass is 9.88. The number of rotatable bonds is 1. The van der Waals surface area contributed by atoms with Gasteiger partial charge in [0.05, 0.1) is 5.71 Å². The van der Waals surface area contributed by atoms with Crippen LogP contribution in [0.5, 0.6) is 0 Å². The van der Waals surface area contributed by atoms with Crippen molar-refractivity contribution in [2.75, 3.05) is 0 Å². The number of benzene rings is 2. The normalized spacial score (nSPS) is 16.4. The summed E-state index contributed by atoms with van der Waals surface area (Å²) in [5.74, 6) is 0. The lowest BCUT2D eigenvalue weighted by Crippen LogP contribution is -2.11. The number of aryl methyl sites for hydroxylation is 1. The Labute approximate surface area is 117 Å². The number of halogens is 1. The lowest BCUT2D eigenvalue weighted by Gasteiger charge is -2.17. The summed E-state index contributed by atoms with van der Waals surface area (Å²) >= 11 is 5.91. The number of oxime groups is 1. The molecule has 0 amide bonds. The predicted octanol–water partition coefficient (Wildman–Crippen LogP) is 4.52. The monoisotopic (exact) mass is 271 g/mol. The first kappa shape index (κ1) is 12.2. The largest absolute Gasteiger partial charge is 0.411 e. The first-order chi connectivity index (χ1) is 9.28. The summed E-state index contributed by atoms with van der Waals surface area (Å²) in [6, 6.07) is 14.1. The molecular formula is C16H14ClNO. The molecule has 0 radical (unpaired) electrons. The van der Waals surface area contributed by atoms with E-state index in [0.717, 1.165) is 41.1 Å². The third-order valence-electron chi connectivity index (χ3n) is 3.57. The molecular weight excluding hydrogens is 258 g/mol. The van der Waals surface area contributed by atoms with Crippen molar-refractivity contribution in [3.05, 3.63) is 58.6 Å². The van der Waals surface area contributed by atoms with Crippen molar-refractivity contribution in [1.29, 1.82) is 0 Å². The quantitative estimate of drug-likeness (QED) is 0.600. The van der Waals surface area contributed by atoms with Gasteiger partial charge in [0.2, 0.25) is 0 Å². The molecule has 0 aromatic heterocycles. The maximum Gasteiger partial charge on any atom is 0.0870 e. The molecule has 1 aliphatic rings. The van der Waals surface area contributed by atoms with Crippen LogP contribution in [-0.4, -0.2) is 10.9 Å². The number of hydrogen-bond acceptors (Lipinski definition) is 2. The van der Waals surface area contributed by atoms with Crippen molar-refractivity contribution in [1.82, 2.24) is 0 Å². The van der Waals surface area contributed by atoms with Crippen LogP contribution in [-0.2, 0) is 6.42 Å². The van der Waals surface area contributed by atoms with Crippen molar-refractivity contribution in [2.24, 2.45) is 5.16 Å². The van der Waals surface area contributed by atoms with E-state index in [1.54, 1.807) is 0 Å². The Morgan fingerprint density at radius 3 is 2.42 bits per heavy atom. The molecule has 0 atom stereocenters. The van der Waals surface area contributed by atoms with Crippen molar-refractivity contribution in [3.8, 4) is 11.1 Å². The highest BCUT2D eigenvalue weighted by atomic mass is 35.5. The van der Waals surface area contributed by atoms with Crippen LogP contribution in [0.25, 0.3) is 11.1 Å². The van der Waals surface area contributed by atoms with E-state index in [1.807, 2.05) is 30.3 Å². The molecule has 0 saturated carbocycles. The summed E-state index contributed by atoms with van der Waals surface area (Å²) in [6.07, 6.45) is 2.93. The van der Waals surface area contributed by atoms with E-state index in [4.69, 9.17) is 16.8 Å². The van der Waals surface area contributed by atoms with E-state index in [2.05, 4.69) is 17.3 Å². The topological polar surface area (TPSA) is 32.6 Å². The summed E-state index contributed by atoms with van der Waals surface area (Å²) in [5.41, 5.74) is 5.46. The highest BCUT2D eigenvalue weighted by Gasteiger charge is 2.16. The molecule has 0 aliphatic heterocycles. The fraction of sp³-hybridized carbons (Fsp3) is 0.188. The van der Waals surface area contributed by atoms with Gasteiger partial charge in [-0.25, -0.2) is 0 Å². The summed E-state index contributed by atoms with van der Waals surface area (Å²) in [6.45, 7) is 0. The molecule has 0 spiro atoms. The maximum atomic E-state index is 9.03. The Balaban J connectivity index is 2.04. The third kappa shape index (κ3) is 2.36. The van der Waals surface area contributed by atoms with Crippen LogP contribution in [0.15, 0.2) is 47.6 Å². The third-order valence-corrected chi connectivity index (χ3v) is 3.83. The Bertz CT molecular complexity index is 632. The van der Waals surface area contributed by atoms with Crippen molar-refractivity contribution >= 4 is 17.3 Å². The minimum atomic E-state index is 0.747. The van der Waals surface area contributed by atoms with E-state index < -0.39 is 0 Å². The van der Waals surface area contributed by atoms with Crippen LogP contribution in [0.2, 0.25) is 5.02 Å². The van der Waals surface area contributed by atoms with Gasteiger partial charge in [0.1, 0.15) is 0 Å². The SMILES string of the molecule is O/N=C1\CCCc2cc(-c3ccc(Cl)cc3)ccc21. The molecule has 2 aromatic rings. The van der Waals surface area contributed by atoms with E-state index in [0.29, 0.717) is 0 Å². The Morgan fingerprint density at radius 2 is 1.68 bits per heavy atom. The van der Waals surface area contributed by atoms with Gasteiger partial charge in [-0.15, -0.1) is 0 Å². The summed E-state index contributed by atoms with van der Waals surface area (Å²) in [4.78, 5) is 0. The van der Waals surface area contributed by atoms with Gasteiger partial charge in [-0.1, -0.05) is 47.1 Å². The zero-order chi connectivity index (χ0) is 13.2. The fourth-order valence-corrected chi connectivity index (χ4v) is 2.71. The zero-order valence-corrected chi connectivity index (χ0v) is 11.2. The molecule has 96 valence electrons. The average Bonchev–Trinajstić information content (AvgIpc) is 2.47. The first-order valence-electron chi connectivity index (χ1n) is 6.38. The summed E-state index contributed by atoms with van der Waals surface area (Å²) in [5, 5.41) is 13.2. The van der Waals surface area contributed by atoms with Gasteiger partial charge >= 0.3 is 0 Å². The van der Waals surface area contributed by atoms with Crippen LogP contribution < -0.4 is 0 Å². The molecule has 3 rings (SSSR count). The van der Waals surface area contributed by atoms with E-state index in [-0.39, 0.29) is 0 Å². The lowest BCUT2D eigenvalue weighted by molar-refractivity contribution is 0.317. The molecule has 0 saturated heterocycles. The molecule has 19 heavy (non-hydrogen) atoms. The second-order valence-corrected chi connectivity index (χ2v) is 5.22. The molecule has 2 nitrogen and oxygen atoms in total. The van der Waals surface area contributed by atoms with E-state index in [1.165, 1.54) is 11.1 Å². The van der Waals surface area contributed by atoms with Crippen LogP contribution in [0, 0.1) is 0 Å². The maximum absolute atomic E-state index is 9.03. The standard InChI is InChI=1S/C16H14ClNO/c17-14-7-4-11(5-8-14)12-6-9-15-13(10-12)2-1-3-16(15)18-19/h4-10,19H,1-3H2/b18-16+. The molecule has 0 fully saturated rings. The van der Waals surface area contributed by atoms with Gasteiger partial charge in [0, 0.05) is 10.6 Å². The molecule has 1 N–H and O–H groups in total. The van der Waals surface area contributed by atoms with E-state index in [9.17, 15) is 0 Å². The number of hydrogen-bond donors (Lipinski definition) is 1. The zero-order valence-electron chi connectivity index (χ0n) is 10.4. The summed E-state index contributed by atoms with van der Waals surface area (Å²) in [7, 11) is 0. The van der Waals surface area contributed by atoms with Gasteiger partial charge in [0.25, 0.3) is 0 Å². The second kappa shape index (κ2) is 5.06.